The van der Waals surface area contributed by atoms with E-state index in [9.17, 15) is 18.8 Å². The number of nitrogens with two attached hydrogens (primary N) is 1. The van der Waals surface area contributed by atoms with E-state index in [-0.39, 0.29) is 39.2 Å². The van der Waals surface area contributed by atoms with Crippen molar-refractivity contribution in [1.29, 1.82) is 5.26 Å². The summed E-state index contributed by atoms with van der Waals surface area (Å²) in [5.41, 5.74) is 6.79. The molecule has 0 saturated heterocycles. The van der Waals surface area contributed by atoms with Crippen molar-refractivity contribution in [2.24, 2.45) is 0 Å². The fraction of sp³-hybridized carbons (Fsp3) is 0.0625. The number of carbonyl (C=O) groups is 1. The molecule has 24 heavy (non-hydrogen) atoms. The number of anilines is 1. The average Bonchev–Trinajstić information content (AvgIpc) is 2.60. The van der Waals surface area contributed by atoms with Gasteiger partial charge in [0.05, 0.1) is 17.3 Å². The lowest BCUT2D eigenvalue weighted by molar-refractivity contribution is 0.112. The summed E-state index contributed by atoms with van der Waals surface area (Å²) in [5, 5.41) is 9.24. The summed E-state index contributed by atoms with van der Waals surface area (Å²) in [6.45, 7) is 0. The fourth-order valence-corrected chi connectivity index (χ4v) is 2.32. The molecule has 0 radical (unpaired) electrons. The Morgan fingerprint density at radius 3 is 2.67 bits per heavy atom. The second kappa shape index (κ2) is 5.96. The van der Waals surface area contributed by atoms with Crippen LogP contribution in [0.2, 0.25) is 0 Å². The van der Waals surface area contributed by atoms with Gasteiger partial charge in [0, 0.05) is 16.7 Å². The Labute approximate surface area is 134 Å². The van der Waals surface area contributed by atoms with Crippen LogP contribution in [0.4, 0.5) is 14.6 Å². The zero-order chi connectivity index (χ0) is 17.3. The molecule has 0 fully saturated rings. The van der Waals surface area contributed by atoms with Crippen LogP contribution in [0.1, 0.15) is 27.9 Å². The number of hydrogen-bond acceptors (Lipinski definition) is 6. The molecular formula is C16H9F2N5O. The molecule has 0 aliphatic heterocycles. The molecule has 0 spiro atoms. The number of fused-ring (bicyclic) bond motifs is 1. The van der Waals surface area contributed by atoms with Crippen LogP contribution in [0.3, 0.4) is 0 Å². The van der Waals surface area contributed by atoms with Crippen molar-refractivity contribution in [2.75, 3.05) is 5.73 Å². The highest BCUT2D eigenvalue weighted by Gasteiger charge is 2.16. The predicted octanol–water partition coefficient (Wildman–Crippen LogP) is 2.90. The minimum Gasteiger partial charge on any atom is -0.382 e. The molecule has 3 rings (SSSR count). The van der Waals surface area contributed by atoms with Gasteiger partial charge < -0.3 is 5.73 Å². The first-order chi connectivity index (χ1) is 11.5. The van der Waals surface area contributed by atoms with Crippen molar-refractivity contribution >= 4 is 23.1 Å². The number of nitrogens with zero attached hydrogens (tertiary/aromatic N) is 4. The third kappa shape index (κ3) is 2.52. The van der Waals surface area contributed by atoms with Crippen molar-refractivity contribution in [3.63, 3.8) is 0 Å². The molecule has 3 aromatic rings. The topological polar surface area (TPSA) is 106 Å². The van der Waals surface area contributed by atoms with Crippen molar-refractivity contribution in [3.8, 4) is 17.3 Å². The molecule has 0 atom stereocenters. The molecule has 8 heteroatoms. The molecule has 2 aromatic heterocycles. The molecule has 0 aliphatic rings. The molecule has 0 unspecified atom stereocenters. The molecule has 0 aliphatic carbocycles. The number of pyridine rings is 1. The minimum atomic E-state index is -2.69. The van der Waals surface area contributed by atoms with Gasteiger partial charge in [-0.2, -0.15) is 5.26 Å². The highest BCUT2D eigenvalue weighted by atomic mass is 19.3. The van der Waals surface area contributed by atoms with E-state index in [1.165, 1.54) is 24.5 Å². The second-order valence-corrected chi connectivity index (χ2v) is 4.89. The predicted molar refractivity (Wildman–Crippen MR) is 82.2 cm³/mol. The number of alkyl halides is 2. The standard InChI is InChI=1S/C16H9F2N5O/c17-15(18)8-1-2-11(9(3-8)5-19)12-4-10(6-24)13-14(23-12)16(20)22-7-21-13/h1-4,6-7,15H,(H2,20,21,22). The highest BCUT2D eigenvalue weighted by Crippen LogP contribution is 2.30. The number of benzene rings is 1. The van der Waals surface area contributed by atoms with Gasteiger partial charge in [0.1, 0.15) is 17.4 Å². The van der Waals surface area contributed by atoms with Gasteiger partial charge >= 0.3 is 0 Å². The molecular weight excluding hydrogens is 316 g/mol. The minimum absolute atomic E-state index is 0.0203. The van der Waals surface area contributed by atoms with Crippen LogP contribution < -0.4 is 5.73 Å². The number of nitrogen functional groups attached to an aromatic ring is 1. The Hall–Kier alpha value is -3.47. The van der Waals surface area contributed by atoms with E-state index in [2.05, 4.69) is 15.0 Å². The Morgan fingerprint density at radius 1 is 1.21 bits per heavy atom. The van der Waals surface area contributed by atoms with Gasteiger partial charge in [0.25, 0.3) is 6.43 Å². The van der Waals surface area contributed by atoms with Crippen LogP contribution in [0.15, 0.2) is 30.6 Å². The summed E-state index contributed by atoms with van der Waals surface area (Å²) in [6, 6.07) is 6.96. The third-order valence-electron chi connectivity index (χ3n) is 3.47. The van der Waals surface area contributed by atoms with Gasteiger partial charge in [-0.1, -0.05) is 12.1 Å². The molecule has 118 valence electrons. The van der Waals surface area contributed by atoms with Gasteiger partial charge in [0.15, 0.2) is 12.1 Å². The monoisotopic (exact) mass is 325 g/mol. The summed E-state index contributed by atoms with van der Waals surface area (Å²) in [7, 11) is 0. The number of nitriles is 1. The SMILES string of the molecule is N#Cc1cc(C(F)F)ccc1-c1cc(C=O)c2ncnc(N)c2n1. The number of rotatable bonds is 3. The van der Waals surface area contributed by atoms with E-state index in [4.69, 9.17) is 5.73 Å². The zero-order valence-corrected chi connectivity index (χ0v) is 12.1. The zero-order valence-electron chi connectivity index (χ0n) is 12.1. The van der Waals surface area contributed by atoms with E-state index >= 15 is 0 Å². The van der Waals surface area contributed by atoms with Crippen molar-refractivity contribution in [3.05, 3.63) is 47.3 Å². The first kappa shape index (κ1) is 15.4. The van der Waals surface area contributed by atoms with Gasteiger partial charge in [-0.25, -0.2) is 23.7 Å². The summed E-state index contributed by atoms with van der Waals surface area (Å²) < 4.78 is 25.6. The van der Waals surface area contributed by atoms with E-state index in [1.807, 2.05) is 6.07 Å². The van der Waals surface area contributed by atoms with Crippen LogP contribution in [-0.2, 0) is 0 Å². The highest BCUT2D eigenvalue weighted by molar-refractivity contribution is 5.99. The Kier molecular flexibility index (Phi) is 3.83. The largest absolute Gasteiger partial charge is 0.382 e. The van der Waals surface area contributed by atoms with Gasteiger partial charge in [-0.3, -0.25) is 4.79 Å². The lowest BCUT2D eigenvalue weighted by Crippen LogP contribution is -2.00. The molecule has 0 saturated carbocycles. The number of aromatic nitrogens is 3. The van der Waals surface area contributed by atoms with E-state index < -0.39 is 6.43 Å². The molecule has 0 bridgehead atoms. The average molecular weight is 325 g/mol. The third-order valence-corrected chi connectivity index (χ3v) is 3.47. The smallest absolute Gasteiger partial charge is 0.263 e. The second-order valence-electron chi connectivity index (χ2n) is 4.89. The maximum atomic E-state index is 12.8. The van der Waals surface area contributed by atoms with Crippen LogP contribution in [0.25, 0.3) is 22.3 Å². The first-order valence-electron chi connectivity index (χ1n) is 6.74. The van der Waals surface area contributed by atoms with Gasteiger partial charge in [0.2, 0.25) is 0 Å². The maximum Gasteiger partial charge on any atom is 0.263 e. The lowest BCUT2D eigenvalue weighted by Gasteiger charge is -2.09. The fourth-order valence-electron chi connectivity index (χ4n) is 2.32. The Bertz CT molecular complexity index is 998. The molecule has 2 N–H and O–H groups in total. The van der Waals surface area contributed by atoms with Crippen molar-refractivity contribution in [2.45, 2.75) is 6.43 Å². The number of aldehydes is 1. The molecule has 2 heterocycles. The van der Waals surface area contributed by atoms with Crippen LogP contribution in [0.5, 0.6) is 0 Å². The maximum absolute atomic E-state index is 12.8. The van der Waals surface area contributed by atoms with E-state index in [1.54, 1.807) is 0 Å². The van der Waals surface area contributed by atoms with Crippen molar-refractivity contribution in [1.82, 2.24) is 15.0 Å². The Morgan fingerprint density at radius 2 is 2.00 bits per heavy atom. The Balaban J connectivity index is 2.29. The normalized spacial score (nSPS) is 10.8. The quantitative estimate of drug-likeness (QED) is 0.742. The number of carbonyl (C=O) groups excluding carboxylic acids is 1. The van der Waals surface area contributed by atoms with Crippen molar-refractivity contribution < 1.29 is 13.6 Å². The molecule has 1 aromatic carbocycles. The first-order valence-corrected chi connectivity index (χ1v) is 6.74. The van der Waals surface area contributed by atoms with Gasteiger partial charge in [-0.15, -0.1) is 0 Å². The lowest BCUT2D eigenvalue weighted by atomic mass is 10.0. The van der Waals surface area contributed by atoms with Crippen LogP contribution in [-0.4, -0.2) is 21.2 Å². The van der Waals surface area contributed by atoms with E-state index in [0.29, 0.717) is 11.8 Å². The van der Waals surface area contributed by atoms with Crippen LogP contribution >= 0.6 is 0 Å². The van der Waals surface area contributed by atoms with Gasteiger partial charge in [-0.05, 0) is 12.1 Å². The number of halogens is 2. The summed E-state index contributed by atoms with van der Waals surface area (Å²) in [5.74, 6) is 0.0765. The summed E-state index contributed by atoms with van der Waals surface area (Å²) in [4.78, 5) is 23.4. The summed E-state index contributed by atoms with van der Waals surface area (Å²) >= 11 is 0. The molecule has 0 amide bonds. The van der Waals surface area contributed by atoms with Crippen LogP contribution in [0, 0.1) is 11.3 Å². The van der Waals surface area contributed by atoms with E-state index in [0.717, 1.165) is 6.07 Å². The summed E-state index contributed by atoms with van der Waals surface area (Å²) in [6.07, 6.45) is -0.894. The number of hydrogen-bond donors (Lipinski definition) is 1. The molecule has 6 nitrogen and oxygen atoms in total.